The van der Waals surface area contributed by atoms with E-state index in [9.17, 15) is 4.79 Å². The Morgan fingerprint density at radius 2 is 1.94 bits per heavy atom. The Hall–Kier alpha value is -0.670. The van der Waals surface area contributed by atoms with Crippen molar-refractivity contribution in [3.8, 4) is 0 Å². The van der Waals surface area contributed by atoms with E-state index >= 15 is 0 Å². The molecule has 0 aliphatic rings. The van der Waals surface area contributed by atoms with E-state index in [1.165, 1.54) is 0 Å². The molecule has 1 N–H and O–H groups in total. The second-order valence-corrected chi connectivity index (χ2v) is 5.53. The van der Waals surface area contributed by atoms with Gasteiger partial charge in [0.25, 0.3) is 0 Å². The number of rotatable bonds is 6. The summed E-state index contributed by atoms with van der Waals surface area (Å²) in [4.78, 5) is 13.8. The Morgan fingerprint density at radius 1 is 1.38 bits per heavy atom. The van der Waals surface area contributed by atoms with Crippen molar-refractivity contribution in [2.24, 2.45) is 5.41 Å². The molecule has 0 amide bonds. The quantitative estimate of drug-likeness (QED) is 0.700. The monoisotopic (exact) mass is 226 g/mol. The largest absolute Gasteiger partial charge is 0.306 e. The van der Waals surface area contributed by atoms with Gasteiger partial charge in [0, 0.05) is 18.0 Å². The first-order valence-corrected chi connectivity index (χ1v) is 5.81. The van der Waals surface area contributed by atoms with Gasteiger partial charge in [0.15, 0.2) is 5.78 Å². The van der Waals surface area contributed by atoms with Gasteiger partial charge >= 0.3 is 0 Å². The molecule has 0 saturated heterocycles. The maximum Gasteiger partial charge on any atom is 0.151 e. The van der Waals surface area contributed by atoms with Gasteiger partial charge in [0.1, 0.15) is 0 Å². The summed E-state index contributed by atoms with van der Waals surface area (Å²) in [7, 11) is 4.07. The molecule has 3 heteroatoms. The third-order valence-electron chi connectivity index (χ3n) is 2.32. The summed E-state index contributed by atoms with van der Waals surface area (Å²) in [6, 6.07) is 0.242. The van der Waals surface area contributed by atoms with Gasteiger partial charge in [0.05, 0.1) is 6.54 Å². The molecule has 0 spiro atoms. The summed E-state index contributed by atoms with van der Waals surface area (Å²) in [5.74, 6) is 0.250. The van der Waals surface area contributed by atoms with Gasteiger partial charge in [-0.3, -0.25) is 4.79 Å². The van der Waals surface area contributed by atoms with Crippen LogP contribution in [0, 0.1) is 5.41 Å². The number of hydrogen-bond donors (Lipinski definition) is 1. The highest BCUT2D eigenvalue weighted by atomic mass is 16.1. The van der Waals surface area contributed by atoms with E-state index in [0.29, 0.717) is 6.54 Å². The van der Waals surface area contributed by atoms with E-state index in [-0.39, 0.29) is 17.2 Å². The minimum atomic E-state index is -0.250. The molecule has 0 bridgehead atoms. The van der Waals surface area contributed by atoms with Gasteiger partial charge in [-0.1, -0.05) is 32.9 Å². The van der Waals surface area contributed by atoms with Crippen LogP contribution in [0.4, 0.5) is 0 Å². The summed E-state index contributed by atoms with van der Waals surface area (Å²) < 4.78 is 0. The Labute approximate surface area is 99.9 Å². The number of carbonyl (C=O) groups excluding carboxylic acids is 1. The Bertz CT molecular complexity index is 239. The summed E-state index contributed by atoms with van der Waals surface area (Å²) >= 11 is 0. The average Bonchev–Trinajstić information content (AvgIpc) is 2.11. The lowest BCUT2D eigenvalue weighted by atomic mass is 9.91. The summed E-state index contributed by atoms with van der Waals surface area (Å²) in [6.07, 6.45) is 4.20. The second kappa shape index (κ2) is 6.81. The number of likely N-dealkylation sites (N-methyl/N-ethyl adjacent to an activating group) is 1. The van der Waals surface area contributed by atoms with Crippen molar-refractivity contribution in [1.82, 2.24) is 10.2 Å². The van der Waals surface area contributed by atoms with Crippen LogP contribution in [-0.4, -0.2) is 43.9 Å². The summed E-state index contributed by atoms with van der Waals surface area (Å²) in [5, 5.41) is 3.21. The number of nitrogens with zero attached hydrogens (tertiary/aromatic N) is 1. The first kappa shape index (κ1) is 15.3. The zero-order valence-corrected chi connectivity index (χ0v) is 11.5. The molecule has 0 aliphatic heterocycles. The molecule has 0 radical (unpaired) electrons. The highest BCUT2D eigenvalue weighted by Crippen LogP contribution is 2.13. The fourth-order valence-electron chi connectivity index (χ4n) is 1.06. The van der Waals surface area contributed by atoms with Gasteiger partial charge < -0.3 is 10.2 Å². The van der Waals surface area contributed by atoms with Gasteiger partial charge in [-0.25, -0.2) is 0 Å². The molecule has 0 fully saturated rings. The lowest BCUT2D eigenvalue weighted by Crippen LogP contribution is -2.36. The molecule has 3 nitrogen and oxygen atoms in total. The average molecular weight is 226 g/mol. The SMILES string of the molecule is CC(/C=C/CN(C)C)NCC(=O)C(C)(C)C. The molecule has 0 heterocycles. The number of ketones is 1. The van der Waals surface area contributed by atoms with Gasteiger partial charge in [-0.05, 0) is 21.0 Å². The van der Waals surface area contributed by atoms with E-state index in [0.717, 1.165) is 6.54 Å². The fraction of sp³-hybridized carbons (Fsp3) is 0.769. The van der Waals surface area contributed by atoms with Gasteiger partial charge in [0.2, 0.25) is 0 Å². The Kier molecular flexibility index (Phi) is 6.53. The van der Waals surface area contributed by atoms with E-state index in [1.807, 2.05) is 34.9 Å². The second-order valence-electron chi connectivity index (χ2n) is 5.53. The minimum Gasteiger partial charge on any atom is -0.306 e. The molecule has 1 atom stereocenters. The van der Waals surface area contributed by atoms with Crippen molar-refractivity contribution in [1.29, 1.82) is 0 Å². The predicted octanol–water partition coefficient (Wildman–Crippen LogP) is 1.70. The zero-order chi connectivity index (χ0) is 12.8. The molecule has 0 aromatic carbocycles. The topological polar surface area (TPSA) is 32.3 Å². The van der Waals surface area contributed by atoms with E-state index in [4.69, 9.17) is 0 Å². The number of hydrogen-bond acceptors (Lipinski definition) is 3. The van der Waals surface area contributed by atoms with Crippen LogP contribution in [-0.2, 0) is 4.79 Å². The first-order valence-electron chi connectivity index (χ1n) is 5.81. The zero-order valence-electron chi connectivity index (χ0n) is 11.5. The van der Waals surface area contributed by atoms with E-state index < -0.39 is 0 Å². The highest BCUT2D eigenvalue weighted by Gasteiger charge is 2.20. The van der Waals surface area contributed by atoms with Crippen LogP contribution < -0.4 is 5.32 Å². The van der Waals surface area contributed by atoms with Crippen molar-refractivity contribution in [2.75, 3.05) is 27.2 Å². The van der Waals surface area contributed by atoms with Crippen LogP contribution in [0.1, 0.15) is 27.7 Å². The maximum atomic E-state index is 11.7. The number of Topliss-reactive ketones (excluding diaryl/α,β-unsaturated/α-hetero) is 1. The summed E-state index contributed by atoms with van der Waals surface area (Å²) in [6.45, 7) is 9.27. The van der Waals surface area contributed by atoms with Crippen LogP contribution in [0.5, 0.6) is 0 Å². The van der Waals surface area contributed by atoms with Gasteiger partial charge in [-0.2, -0.15) is 0 Å². The van der Waals surface area contributed by atoms with Crippen LogP contribution >= 0.6 is 0 Å². The van der Waals surface area contributed by atoms with Crippen LogP contribution in [0.15, 0.2) is 12.2 Å². The van der Waals surface area contributed by atoms with E-state index in [1.54, 1.807) is 0 Å². The molecule has 0 aromatic rings. The highest BCUT2D eigenvalue weighted by molar-refractivity contribution is 5.85. The molecule has 0 aromatic heterocycles. The third-order valence-corrected chi connectivity index (χ3v) is 2.32. The van der Waals surface area contributed by atoms with Gasteiger partial charge in [-0.15, -0.1) is 0 Å². The van der Waals surface area contributed by atoms with Crippen molar-refractivity contribution in [3.05, 3.63) is 12.2 Å². The van der Waals surface area contributed by atoms with Crippen LogP contribution in [0.25, 0.3) is 0 Å². The molecule has 94 valence electrons. The standard InChI is InChI=1S/C13H26N2O/c1-11(8-7-9-15(5)6)14-10-12(16)13(2,3)4/h7-8,11,14H,9-10H2,1-6H3/b8-7+. The van der Waals surface area contributed by atoms with Crippen molar-refractivity contribution >= 4 is 5.78 Å². The van der Waals surface area contributed by atoms with Crippen molar-refractivity contribution in [2.45, 2.75) is 33.7 Å². The lowest BCUT2D eigenvalue weighted by molar-refractivity contribution is -0.125. The summed E-state index contributed by atoms with van der Waals surface area (Å²) in [5.41, 5.74) is -0.250. The maximum absolute atomic E-state index is 11.7. The van der Waals surface area contributed by atoms with Crippen molar-refractivity contribution < 1.29 is 4.79 Å². The first-order chi connectivity index (χ1) is 7.23. The smallest absolute Gasteiger partial charge is 0.151 e. The fourth-order valence-corrected chi connectivity index (χ4v) is 1.06. The number of carbonyl (C=O) groups is 1. The molecule has 0 rings (SSSR count). The molecular weight excluding hydrogens is 200 g/mol. The number of nitrogens with one attached hydrogen (secondary N) is 1. The molecule has 0 aliphatic carbocycles. The molecule has 1 unspecified atom stereocenters. The normalized spacial score (nSPS) is 14.7. The lowest BCUT2D eigenvalue weighted by Gasteiger charge is -2.18. The van der Waals surface area contributed by atoms with Crippen LogP contribution in [0.3, 0.4) is 0 Å². The Balaban J connectivity index is 3.86. The van der Waals surface area contributed by atoms with Crippen molar-refractivity contribution in [3.63, 3.8) is 0 Å². The molecular formula is C13H26N2O. The third kappa shape index (κ3) is 7.60. The molecule has 0 saturated carbocycles. The molecule has 16 heavy (non-hydrogen) atoms. The van der Waals surface area contributed by atoms with E-state index in [2.05, 4.69) is 29.3 Å². The predicted molar refractivity (Wildman–Crippen MR) is 69.6 cm³/mol. The van der Waals surface area contributed by atoms with Crippen LogP contribution in [0.2, 0.25) is 0 Å². The minimum absolute atomic E-state index is 0.242. The Morgan fingerprint density at radius 3 is 2.38 bits per heavy atom.